The van der Waals surface area contributed by atoms with Gasteiger partial charge in [0.1, 0.15) is 0 Å². The highest BCUT2D eigenvalue weighted by Crippen LogP contribution is 2.23. The molecule has 3 aromatic rings. The van der Waals surface area contributed by atoms with E-state index in [1.807, 2.05) is 53.6 Å². The molecule has 1 saturated heterocycles. The van der Waals surface area contributed by atoms with Gasteiger partial charge < -0.3 is 9.80 Å². The van der Waals surface area contributed by atoms with Crippen molar-refractivity contribution < 1.29 is 9.59 Å². The Balaban J connectivity index is 1.54. The quantitative estimate of drug-likeness (QED) is 0.528. The van der Waals surface area contributed by atoms with Gasteiger partial charge in [-0.05, 0) is 40.8 Å². The third kappa shape index (κ3) is 5.71. The van der Waals surface area contributed by atoms with Crippen LogP contribution in [0.25, 0.3) is 11.1 Å². The second-order valence-corrected chi connectivity index (χ2v) is 8.29. The molecule has 6 nitrogen and oxygen atoms in total. The van der Waals surface area contributed by atoms with Crippen LogP contribution in [0.5, 0.6) is 0 Å². The molecule has 1 atom stereocenters. The molecule has 4 rings (SSSR count). The van der Waals surface area contributed by atoms with Gasteiger partial charge in [-0.2, -0.15) is 0 Å². The zero-order chi connectivity index (χ0) is 23.0. The summed E-state index contributed by atoms with van der Waals surface area (Å²) in [6, 6.07) is 15.9. The highest BCUT2D eigenvalue weighted by atomic mass is 16.2. The first kappa shape index (κ1) is 22.4. The van der Waals surface area contributed by atoms with Crippen molar-refractivity contribution in [1.29, 1.82) is 0 Å². The van der Waals surface area contributed by atoms with Crippen molar-refractivity contribution in [3.8, 4) is 11.1 Å². The third-order valence-electron chi connectivity index (χ3n) is 5.93. The van der Waals surface area contributed by atoms with Gasteiger partial charge in [-0.15, -0.1) is 6.58 Å². The zero-order valence-electron chi connectivity index (χ0n) is 18.6. The van der Waals surface area contributed by atoms with Crippen LogP contribution >= 0.6 is 0 Å². The Morgan fingerprint density at radius 2 is 1.76 bits per heavy atom. The molecule has 0 spiro atoms. The van der Waals surface area contributed by atoms with Crippen molar-refractivity contribution in [2.45, 2.75) is 12.8 Å². The summed E-state index contributed by atoms with van der Waals surface area (Å²) in [6.45, 7) is 5.71. The average Bonchev–Trinajstić information content (AvgIpc) is 3.00. The number of rotatable bonds is 7. The fraction of sp³-hybridized carbons (Fsp3) is 0.259. The molecule has 0 aliphatic carbocycles. The first-order valence-electron chi connectivity index (χ1n) is 11.2. The average molecular weight is 441 g/mol. The molecule has 0 radical (unpaired) electrons. The summed E-state index contributed by atoms with van der Waals surface area (Å²) in [4.78, 5) is 38.4. The molecule has 1 aliphatic heterocycles. The monoisotopic (exact) mass is 440 g/mol. The smallest absolute Gasteiger partial charge is 0.228 e. The van der Waals surface area contributed by atoms with Crippen LogP contribution in [0, 0.1) is 5.92 Å². The highest BCUT2D eigenvalue weighted by molar-refractivity contribution is 5.83. The maximum Gasteiger partial charge on any atom is 0.228 e. The van der Waals surface area contributed by atoms with Crippen LogP contribution in [0.2, 0.25) is 0 Å². The van der Waals surface area contributed by atoms with Crippen molar-refractivity contribution >= 4 is 11.8 Å². The first-order chi connectivity index (χ1) is 16.1. The van der Waals surface area contributed by atoms with Gasteiger partial charge in [-0.1, -0.05) is 42.5 Å². The summed E-state index contributed by atoms with van der Waals surface area (Å²) in [7, 11) is 0. The number of hydrogen-bond donors (Lipinski definition) is 0. The summed E-state index contributed by atoms with van der Waals surface area (Å²) in [5.74, 6) is -0.224. The molecule has 0 N–H and O–H groups in total. The van der Waals surface area contributed by atoms with E-state index in [2.05, 4.69) is 22.6 Å². The van der Waals surface area contributed by atoms with Gasteiger partial charge in [-0.3, -0.25) is 19.6 Å². The molecule has 0 unspecified atom stereocenters. The second kappa shape index (κ2) is 10.7. The van der Waals surface area contributed by atoms with Crippen LogP contribution in [-0.2, 0) is 22.4 Å². The van der Waals surface area contributed by atoms with Gasteiger partial charge in [0.05, 0.1) is 12.3 Å². The molecule has 2 aromatic heterocycles. The number of aromatic nitrogens is 2. The highest BCUT2D eigenvalue weighted by Gasteiger charge is 2.32. The molecule has 2 amide bonds. The van der Waals surface area contributed by atoms with Crippen molar-refractivity contribution in [1.82, 2.24) is 19.8 Å². The lowest BCUT2D eigenvalue weighted by Gasteiger charge is -2.24. The summed E-state index contributed by atoms with van der Waals surface area (Å²) in [5.41, 5.74) is 4.04. The lowest BCUT2D eigenvalue weighted by molar-refractivity contribution is -0.134. The molecule has 168 valence electrons. The van der Waals surface area contributed by atoms with E-state index in [-0.39, 0.29) is 24.2 Å². The fourth-order valence-corrected chi connectivity index (χ4v) is 4.25. The van der Waals surface area contributed by atoms with Gasteiger partial charge >= 0.3 is 0 Å². The number of carbonyl (C=O) groups excluding carboxylic acids is 2. The molecule has 1 aliphatic rings. The van der Waals surface area contributed by atoms with Gasteiger partial charge in [0, 0.05) is 51.0 Å². The SMILES string of the molecule is C=CCN1CCN(C(=O)Cc2cccnc2)C[C@@H](Cc2cccc(-c3cccnc3)c2)C1=O. The Morgan fingerprint density at radius 1 is 1.00 bits per heavy atom. The number of nitrogens with zero attached hydrogens (tertiary/aromatic N) is 4. The predicted molar refractivity (Wildman–Crippen MR) is 128 cm³/mol. The van der Waals surface area contributed by atoms with Crippen molar-refractivity contribution in [3.63, 3.8) is 0 Å². The Morgan fingerprint density at radius 3 is 2.48 bits per heavy atom. The number of pyridine rings is 2. The molecule has 0 saturated carbocycles. The Bertz CT molecular complexity index is 1100. The van der Waals surface area contributed by atoms with E-state index in [1.165, 1.54) is 0 Å². The molecule has 1 aromatic carbocycles. The molecule has 1 fully saturated rings. The van der Waals surface area contributed by atoms with Crippen molar-refractivity contribution in [2.24, 2.45) is 5.92 Å². The van der Waals surface area contributed by atoms with Crippen LogP contribution in [0.4, 0.5) is 0 Å². The fourth-order valence-electron chi connectivity index (χ4n) is 4.25. The number of hydrogen-bond acceptors (Lipinski definition) is 4. The summed E-state index contributed by atoms with van der Waals surface area (Å²) in [5, 5.41) is 0. The van der Waals surface area contributed by atoms with E-state index in [1.54, 1.807) is 29.6 Å². The Labute approximate surface area is 194 Å². The van der Waals surface area contributed by atoms with E-state index in [0.717, 1.165) is 22.3 Å². The lowest BCUT2D eigenvalue weighted by Crippen LogP contribution is -2.38. The molecular formula is C27H28N4O2. The largest absolute Gasteiger partial charge is 0.340 e. The standard InChI is InChI=1S/C27H28N4O2/c1-2-12-30-13-14-31(26(32)17-22-7-4-10-28-18-22)20-25(27(30)33)16-21-6-3-8-23(15-21)24-9-5-11-29-19-24/h2-11,15,18-19,25H,1,12-14,16-17,20H2/t25-/m1/s1. The molecular weight excluding hydrogens is 412 g/mol. The number of benzene rings is 1. The van der Waals surface area contributed by atoms with E-state index >= 15 is 0 Å². The Hall–Kier alpha value is -3.80. The minimum atomic E-state index is -0.311. The van der Waals surface area contributed by atoms with Crippen molar-refractivity contribution in [3.05, 3.63) is 97.1 Å². The predicted octanol–water partition coefficient (Wildman–Crippen LogP) is 3.40. The molecule has 0 bridgehead atoms. The van der Waals surface area contributed by atoms with Crippen molar-refractivity contribution in [2.75, 3.05) is 26.2 Å². The maximum absolute atomic E-state index is 13.3. The normalized spacial score (nSPS) is 16.4. The minimum Gasteiger partial charge on any atom is -0.340 e. The van der Waals surface area contributed by atoms with Gasteiger partial charge in [0.2, 0.25) is 11.8 Å². The Kier molecular flexibility index (Phi) is 7.25. The van der Waals surface area contributed by atoms with Crippen LogP contribution in [0.1, 0.15) is 11.1 Å². The first-order valence-corrected chi connectivity index (χ1v) is 11.2. The van der Waals surface area contributed by atoms with E-state index in [0.29, 0.717) is 32.6 Å². The zero-order valence-corrected chi connectivity index (χ0v) is 18.6. The third-order valence-corrected chi connectivity index (χ3v) is 5.93. The lowest BCUT2D eigenvalue weighted by atomic mass is 9.95. The van der Waals surface area contributed by atoms with E-state index < -0.39 is 0 Å². The summed E-state index contributed by atoms with van der Waals surface area (Å²) >= 11 is 0. The van der Waals surface area contributed by atoms with E-state index in [4.69, 9.17) is 0 Å². The number of amides is 2. The van der Waals surface area contributed by atoms with Crippen LogP contribution in [0.3, 0.4) is 0 Å². The number of carbonyl (C=O) groups is 2. The topological polar surface area (TPSA) is 66.4 Å². The minimum absolute atomic E-state index is 0.0189. The maximum atomic E-state index is 13.3. The van der Waals surface area contributed by atoms with E-state index in [9.17, 15) is 9.59 Å². The van der Waals surface area contributed by atoms with Crippen LogP contribution in [-0.4, -0.2) is 57.8 Å². The summed E-state index contributed by atoms with van der Waals surface area (Å²) in [6.07, 6.45) is 9.59. The molecule has 6 heteroatoms. The van der Waals surface area contributed by atoms with Gasteiger partial charge in [0.15, 0.2) is 0 Å². The molecule has 3 heterocycles. The van der Waals surface area contributed by atoms with Gasteiger partial charge in [0.25, 0.3) is 0 Å². The van der Waals surface area contributed by atoms with Crippen LogP contribution < -0.4 is 0 Å². The van der Waals surface area contributed by atoms with Crippen LogP contribution in [0.15, 0.2) is 86.0 Å². The summed E-state index contributed by atoms with van der Waals surface area (Å²) < 4.78 is 0. The molecule has 33 heavy (non-hydrogen) atoms. The van der Waals surface area contributed by atoms with Gasteiger partial charge in [-0.25, -0.2) is 0 Å². The second-order valence-electron chi connectivity index (χ2n) is 8.29.